The number of nitrogens with two attached hydrogens (primary N) is 1. The summed E-state index contributed by atoms with van der Waals surface area (Å²) in [6.45, 7) is -0.218. The lowest BCUT2D eigenvalue weighted by Crippen LogP contribution is -2.29. The Kier molecular flexibility index (Phi) is 4.30. The van der Waals surface area contributed by atoms with Crippen molar-refractivity contribution < 1.29 is 18.0 Å². The van der Waals surface area contributed by atoms with Gasteiger partial charge in [0.2, 0.25) is 0 Å². The molecule has 0 spiro atoms. The minimum atomic E-state index is -4.48. The molecule has 0 radical (unpaired) electrons. The molecule has 5 nitrogen and oxygen atoms in total. The molecule has 0 aliphatic heterocycles. The Balaban J connectivity index is 2.25. The fourth-order valence-electron chi connectivity index (χ4n) is 1.96. The summed E-state index contributed by atoms with van der Waals surface area (Å²) in [6.07, 6.45) is -1.86. The zero-order chi connectivity index (χ0) is 16.3. The van der Waals surface area contributed by atoms with Crippen molar-refractivity contribution in [3.8, 4) is 0 Å². The Labute approximate surface area is 124 Å². The van der Waals surface area contributed by atoms with Gasteiger partial charge in [0, 0.05) is 26.0 Å². The zero-order valence-electron chi connectivity index (χ0n) is 11.6. The first-order valence-electron chi connectivity index (χ1n) is 6.27. The van der Waals surface area contributed by atoms with Gasteiger partial charge in [-0.1, -0.05) is 18.2 Å². The molecule has 1 amide bonds. The second-order valence-corrected chi connectivity index (χ2v) is 4.61. The van der Waals surface area contributed by atoms with E-state index in [4.69, 9.17) is 5.73 Å². The summed E-state index contributed by atoms with van der Waals surface area (Å²) in [5.74, 6) is -0.661. The first kappa shape index (κ1) is 15.7. The van der Waals surface area contributed by atoms with Crippen LogP contribution in [0.5, 0.6) is 0 Å². The lowest BCUT2D eigenvalue weighted by atomic mass is 10.1. The van der Waals surface area contributed by atoms with Gasteiger partial charge in [-0.15, -0.1) is 0 Å². The van der Waals surface area contributed by atoms with E-state index in [-0.39, 0.29) is 23.6 Å². The first-order valence-corrected chi connectivity index (χ1v) is 6.27. The van der Waals surface area contributed by atoms with E-state index >= 15 is 0 Å². The largest absolute Gasteiger partial charge is 0.416 e. The van der Waals surface area contributed by atoms with E-state index < -0.39 is 17.6 Å². The summed E-state index contributed by atoms with van der Waals surface area (Å²) < 4.78 is 38.8. The highest BCUT2D eigenvalue weighted by Gasteiger charge is 2.33. The van der Waals surface area contributed by atoms with E-state index in [1.165, 1.54) is 37.6 Å². The van der Waals surface area contributed by atoms with Crippen LogP contribution in [0.1, 0.15) is 21.6 Å². The Morgan fingerprint density at radius 3 is 2.50 bits per heavy atom. The van der Waals surface area contributed by atoms with Crippen LogP contribution in [0.3, 0.4) is 0 Å². The predicted octanol–water partition coefficient (Wildman–Crippen LogP) is 2.35. The van der Waals surface area contributed by atoms with Crippen molar-refractivity contribution in [2.45, 2.75) is 12.7 Å². The minimum Gasteiger partial charge on any atom is -0.382 e. The third-order valence-electron chi connectivity index (χ3n) is 3.01. The number of halogens is 3. The predicted molar refractivity (Wildman–Crippen MR) is 73.7 cm³/mol. The number of nitrogens with zero attached hydrogens (tertiary/aromatic N) is 3. The van der Waals surface area contributed by atoms with Crippen molar-refractivity contribution in [3.05, 3.63) is 53.5 Å². The highest BCUT2D eigenvalue weighted by molar-refractivity contribution is 5.96. The van der Waals surface area contributed by atoms with E-state index in [0.29, 0.717) is 0 Å². The topological polar surface area (TPSA) is 72.1 Å². The van der Waals surface area contributed by atoms with Crippen LogP contribution < -0.4 is 5.73 Å². The smallest absolute Gasteiger partial charge is 0.382 e. The van der Waals surface area contributed by atoms with Crippen molar-refractivity contribution in [2.24, 2.45) is 0 Å². The number of carbonyl (C=O) groups is 1. The molecule has 116 valence electrons. The molecule has 0 aliphatic carbocycles. The van der Waals surface area contributed by atoms with Crippen molar-refractivity contribution in [1.82, 2.24) is 14.9 Å². The maximum Gasteiger partial charge on any atom is 0.416 e. The van der Waals surface area contributed by atoms with Gasteiger partial charge in [-0.05, 0) is 11.6 Å². The number of carbonyl (C=O) groups excluding carboxylic acids is 1. The Morgan fingerprint density at radius 2 is 1.86 bits per heavy atom. The molecule has 8 heteroatoms. The van der Waals surface area contributed by atoms with Crippen LogP contribution in [0.15, 0.2) is 36.7 Å². The quantitative estimate of drug-likeness (QED) is 0.944. The van der Waals surface area contributed by atoms with E-state index in [1.54, 1.807) is 0 Å². The average molecular weight is 310 g/mol. The molecule has 0 saturated carbocycles. The van der Waals surface area contributed by atoms with Crippen LogP contribution >= 0.6 is 0 Å². The SMILES string of the molecule is CN(Cc1ccccc1C(F)(F)F)C(=O)c1nccnc1N. The summed E-state index contributed by atoms with van der Waals surface area (Å²) in [5, 5.41) is 0. The molecule has 2 N–H and O–H groups in total. The van der Waals surface area contributed by atoms with Gasteiger partial charge in [0.15, 0.2) is 11.5 Å². The molecule has 0 unspecified atom stereocenters. The zero-order valence-corrected chi connectivity index (χ0v) is 11.6. The summed E-state index contributed by atoms with van der Waals surface area (Å²) in [5.41, 5.74) is 4.68. The van der Waals surface area contributed by atoms with Gasteiger partial charge in [-0.3, -0.25) is 4.79 Å². The fourth-order valence-corrected chi connectivity index (χ4v) is 1.96. The number of hydrogen-bond donors (Lipinski definition) is 1. The van der Waals surface area contributed by atoms with E-state index in [9.17, 15) is 18.0 Å². The number of hydrogen-bond acceptors (Lipinski definition) is 4. The van der Waals surface area contributed by atoms with Gasteiger partial charge in [-0.2, -0.15) is 13.2 Å². The third-order valence-corrected chi connectivity index (χ3v) is 3.01. The standard InChI is InChI=1S/C14H13F3N4O/c1-21(13(22)11-12(18)20-7-6-19-11)8-9-4-2-3-5-10(9)14(15,16)17/h2-7H,8H2,1H3,(H2,18,20). The molecular weight excluding hydrogens is 297 g/mol. The van der Waals surface area contributed by atoms with Crippen LogP contribution in [0.4, 0.5) is 19.0 Å². The lowest BCUT2D eigenvalue weighted by Gasteiger charge is -2.20. The van der Waals surface area contributed by atoms with Gasteiger partial charge in [-0.25, -0.2) is 9.97 Å². The highest BCUT2D eigenvalue weighted by atomic mass is 19.4. The van der Waals surface area contributed by atoms with Crippen molar-refractivity contribution in [3.63, 3.8) is 0 Å². The molecule has 0 atom stereocenters. The van der Waals surface area contributed by atoms with Crippen LogP contribution in [0.2, 0.25) is 0 Å². The monoisotopic (exact) mass is 310 g/mol. The van der Waals surface area contributed by atoms with Crippen LogP contribution in [-0.2, 0) is 12.7 Å². The highest BCUT2D eigenvalue weighted by Crippen LogP contribution is 2.32. The summed E-state index contributed by atoms with van der Waals surface area (Å²) in [4.78, 5) is 20.9. The summed E-state index contributed by atoms with van der Waals surface area (Å²) in [6, 6.07) is 5.09. The van der Waals surface area contributed by atoms with E-state index in [2.05, 4.69) is 9.97 Å². The molecule has 1 aromatic carbocycles. The van der Waals surface area contributed by atoms with E-state index in [1.807, 2.05) is 0 Å². The van der Waals surface area contributed by atoms with Crippen LogP contribution in [-0.4, -0.2) is 27.8 Å². The number of aromatic nitrogens is 2. The molecule has 0 aliphatic rings. The fraction of sp³-hybridized carbons (Fsp3) is 0.214. The second-order valence-electron chi connectivity index (χ2n) is 4.61. The Bertz CT molecular complexity index is 688. The molecule has 1 heterocycles. The molecule has 2 rings (SSSR count). The van der Waals surface area contributed by atoms with Gasteiger partial charge in [0.05, 0.1) is 5.56 Å². The maximum absolute atomic E-state index is 12.9. The molecule has 1 aromatic heterocycles. The lowest BCUT2D eigenvalue weighted by molar-refractivity contribution is -0.138. The molecule has 0 fully saturated rings. The van der Waals surface area contributed by atoms with Crippen molar-refractivity contribution >= 4 is 11.7 Å². The molecule has 0 saturated heterocycles. The minimum absolute atomic E-state index is 0.00619. The Morgan fingerprint density at radius 1 is 1.23 bits per heavy atom. The third kappa shape index (κ3) is 3.33. The molecule has 22 heavy (non-hydrogen) atoms. The number of amides is 1. The van der Waals surface area contributed by atoms with Crippen LogP contribution in [0, 0.1) is 0 Å². The average Bonchev–Trinajstić information content (AvgIpc) is 2.46. The van der Waals surface area contributed by atoms with Crippen LogP contribution in [0.25, 0.3) is 0 Å². The van der Waals surface area contributed by atoms with Crippen molar-refractivity contribution in [2.75, 3.05) is 12.8 Å². The van der Waals surface area contributed by atoms with Gasteiger partial charge in [0.25, 0.3) is 5.91 Å². The van der Waals surface area contributed by atoms with Gasteiger partial charge < -0.3 is 10.6 Å². The number of benzene rings is 1. The maximum atomic E-state index is 12.9. The number of nitrogen functional groups attached to an aromatic ring is 1. The van der Waals surface area contributed by atoms with Crippen molar-refractivity contribution in [1.29, 1.82) is 0 Å². The second kappa shape index (κ2) is 6.00. The molecule has 0 bridgehead atoms. The number of anilines is 1. The summed E-state index contributed by atoms with van der Waals surface area (Å²) in [7, 11) is 1.38. The van der Waals surface area contributed by atoms with E-state index in [0.717, 1.165) is 11.0 Å². The number of alkyl halides is 3. The summed E-state index contributed by atoms with van der Waals surface area (Å²) >= 11 is 0. The van der Waals surface area contributed by atoms with Gasteiger partial charge in [0.1, 0.15) is 0 Å². The Hall–Kier alpha value is -2.64. The molecule has 2 aromatic rings. The van der Waals surface area contributed by atoms with Gasteiger partial charge >= 0.3 is 6.18 Å². The number of rotatable bonds is 3. The molecular formula is C14H13F3N4O. The first-order chi connectivity index (χ1) is 10.3. The normalized spacial score (nSPS) is 11.3.